The van der Waals surface area contributed by atoms with Crippen molar-refractivity contribution >= 4 is 17.4 Å². The van der Waals surface area contributed by atoms with E-state index in [4.69, 9.17) is 16.7 Å². The lowest BCUT2D eigenvalue weighted by molar-refractivity contribution is 0.271. The van der Waals surface area contributed by atoms with Crippen molar-refractivity contribution in [3.05, 3.63) is 17.0 Å². The number of aliphatic hydroxyl groups is 1. The molecule has 2 N–H and O–H groups in total. The lowest BCUT2D eigenvalue weighted by atomic mass is 10.2. The molecule has 14 heavy (non-hydrogen) atoms. The molecule has 1 rings (SSSR count). The number of aromatic nitrogens is 2. The van der Waals surface area contributed by atoms with E-state index in [0.717, 1.165) is 12.1 Å². The fraction of sp³-hybridized carbons (Fsp3) is 0.556. The molecule has 1 aromatic heterocycles. The van der Waals surface area contributed by atoms with Crippen molar-refractivity contribution in [1.29, 1.82) is 0 Å². The van der Waals surface area contributed by atoms with Crippen molar-refractivity contribution < 1.29 is 5.11 Å². The second-order valence-electron chi connectivity index (χ2n) is 3.10. The van der Waals surface area contributed by atoms with Gasteiger partial charge in [0.05, 0.1) is 12.6 Å². The third-order valence-electron chi connectivity index (χ3n) is 1.89. The predicted octanol–water partition coefficient (Wildman–Crippen LogP) is 1.62. The van der Waals surface area contributed by atoms with E-state index in [9.17, 15) is 0 Å². The first-order valence-corrected chi connectivity index (χ1v) is 4.92. The van der Waals surface area contributed by atoms with Crippen LogP contribution in [0, 0.1) is 6.92 Å². The molecule has 0 bridgehead atoms. The monoisotopic (exact) mass is 215 g/mol. The molecule has 1 atom stereocenters. The molecule has 0 spiro atoms. The van der Waals surface area contributed by atoms with Gasteiger partial charge in [0.1, 0.15) is 5.82 Å². The second-order valence-corrected chi connectivity index (χ2v) is 3.43. The standard InChI is InChI=1S/C9H14ClN3O/c1-3-7(5-14)12-8-4-6(2)11-9(10)13-8/h4,7,14H,3,5H2,1-2H3,(H,11,12,13). The fourth-order valence-electron chi connectivity index (χ4n) is 1.09. The van der Waals surface area contributed by atoms with Crippen LogP contribution in [0.15, 0.2) is 6.07 Å². The first-order valence-electron chi connectivity index (χ1n) is 4.54. The topological polar surface area (TPSA) is 58.0 Å². The van der Waals surface area contributed by atoms with E-state index in [1.807, 2.05) is 13.8 Å². The number of hydrogen-bond donors (Lipinski definition) is 2. The molecule has 4 nitrogen and oxygen atoms in total. The van der Waals surface area contributed by atoms with Gasteiger partial charge in [-0.2, -0.15) is 0 Å². The molecule has 78 valence electrons. The highest BCUT2D eigenvalue weighted by molar-refractivity contribution is 6.28. The van der Waals surface area contributed by atoms with E-state index in [2.05, 4.69) is 15.3 Å². The average molecular weight is 216 g/mol. The number of nitrogens with one attached hydrogen (secondary N) is 1. The molecular weight excluding hydrogens is 202 g/mol. The summed E-state index contributed by atoms with van der Waals surface area (Å²) in [5, 5.41) is 12.3. The molecule has 0 amide bonds. The van der Waals surface area contributed by atoms with Crippen LogP contribution >= 0.6 is 11.6 Å². The Kier molecular flexibility index (Phi) is 4.10. The number of nitrogens with zero attached hydrogens (tertiary/aromatic N) is 2. The van der Waals surface area contributed by atoms with Crippen molar-refractivity contribution in [2.45, 2.75) is 26.3 Å². The summed E-state index contributed by atoms with van der Waals surface area (Å²) < 4.78 is 0. The first kappa shape index (κ1) is 11.2. The lowest BCUT2D eigenvalue weighted by Crippen LogP contribution is -2.23. The molecule has 0 saturated carbocycles. The van der Waals surface area contributed by atoms with Crippen molar-refractivity contribution in [3.63, 3.8) is 0 Å². The van der Waals surface area contributed by atoms with Gasteiger partial charge in [-0.3, -0.25) is 0 Å². The Labute approximate surface area is 88.3 Å². The molecule has 0 aliphatic heterocycles. The minimum atomic E-state index is 0.0142. The number of anilines is 1. The summed E-state index contributed by atoms with van der Waals surface area (Å²) in [7, 11) is 0. The third kappa shape index (κ3) is 3.12. The Morgan fingerprint density at radius 1 is 1.57 bits per heavy atom. The Bertz CT molecular complexity index is 282. The van der Waals surface area contributed by atoms with E-state index in [-0.39, 0.29) is 17.9 Å². The maximum atomic E-state index is 8.99. The fourth-order valence-corrected chi connectivity index (χ4v) is 1.32. The quantitative estimate of drug-likeness (QED) is 0.750. The maximum absolute atomic E-state index is 8.99. The van der Waals surface area contributed by atoms with E-state index < -0.39 is 0 Å². The minimum absolute atomic E-state index is 0.0142. The van der Waals surface area contributed by atoms with Gasteiger partial charge in [-0.05, 0) is 24.9 Å². The van der Waals surface area contributed by atoms with Crippen LogP contribution < -0.4 is 5.32 Å². The van der Waals surface area contributed by atoms with Gasteiger partial charge in [0.15, 0.2) is 0 Å². The maximum Gasteiger partial charge on any atom is 0.224 e. The second kappa shape index (κ2) is 5.12. The normalized spacial score (nSPS) is 12.6. The zero-order chi connectivity index (χ0) is 10.6. The van der Waals surface area contributed by atoms with Crippen molar-refractivity contribution in [3.8, 4) is 0 Å². The van der Waals surface area contributed by atoms with Gasteiger partial charge in [0, 0.05) is 11.8 Å². The smallest absolute Gasteiger partial charge is 0.224 e. The minimum Gasteiger partial charge on any atom is -0.394 e. The number of aliphatic hydroxyl groups excluding tert-OH is 1. The summed E-state index contributed by atoms with van der Waals surface area (Å²) in [6.07, 6.45) is 0.831. The molecule has 0 fully saturated rings. The molecule has 0 aliphatic carbocycles. The zero-order valence-electron chi connectivity index (χ0n) is 8.29. The van der Waals surface area contributed by atoms with Gasteiger partial charge in [-0.15, -0.1) is 0 Å². The molecule has 0 radical (unpaired) electrons. The van der Waals surface area contributed by atoms with Crippen LogP contribution in [0.1, 0.15) is 19.0 Å². The molecular formula is C9H14ClN3O. The Balaban J connectivity index is 2.75. The molecule has 0 saturated heterocycles. The van der Waals surface area contributed by atoms with Crippen molar-refractivity contribution in [2.75, 3.05) is 11.9 Å². The van der Waals surface area contributed by atoms with Gasteiger partial charge in [0.25, 0.3) is 0 Å². The average Bonchev–Trinajstić information content (AvgIpc) is 2.12. The first-order chi connectivity index (χ1) is 6.65. The predicted molar refractivity (Wildman–Crippen MR) is 56.6 cm³/mol. The molecule has 0 aromatic carbocycles. The summed E-state index contributed by atoms with van der Waals surface area (Å²) in [6.45, 7) is 3.92. The molecule has 1 aromatic rings. The van der Waals surface area contributed by atoms with E-state index in [1.54, 1.807) is 6.07 Å². The lowest BCUT2D eigenvalue weighted by Gasteiger charge is -2.14. The van der Waals surface area contributed by atoms with Crippen LogP contribution in [0.25, 0.3) is 0 Å². The number of rotatable bonds is 4. The molecule has 1 heterocycles. The van der Waals surface area contributed by atoms with Crippen LogP contribution in [0.3, 0.4) is 0 Å². The summed E-state index contributed by atoms with van der Waals surface area (Å²) in [5.41, 5.74) is 0.806. The van der Waals surface area contributed by atoms with E-state index in [1.165, 1.54) is 0 Å². The largest absolute Gasteiger partial charge is 0.394 e. The Morgan fingerprint density at radius 2 is 2.29 bits per heavy atom. The summed E-state index contributed by atoms with van der Waals surface area (Å²) in [6, 6.07) is 1.81. The van der Waals surface area contributed by atoms with Gasteiger partial charge >= 0.3 is 0 Å². The van der Waals surface area contributed by atoms with Crippen LogP contribution in [-0.4, -0.2) is 27.7 Å². The third-order valence-corrected chi connectivity index (χ3v) is 2.06. The summed E-state index contributed by atoms with van der Waals surface area (Å²) >= 11 is 5.70. The molecule has 5 heteroatoms. The van der Waals surface area contributed by atoms with E-state index in [0.29, 0.717) is 5.82 Å². The van der Waals surface area contributed by atoms with Crippen LogP contribution in [0.4, 0.5) is 5.82 Å². The van der Waals surface area contributed by atoms with Gasteiger partial charge in [-0.25, -0.2) is 9.97 Å². The molecule has 0 aliphatic rings. The van der Waals surface area contributed by atoms with Crippen LogP contribution in [0.2, 0.25) is 5.28 Å². The van der Waals surface area contributed by atoms with Gasteiger partial charge in [-0.1, -0.05) is 6.92 Å². The van der Waals surface area contributed by atoms with Crippen LogP contribution in [-0.2, 0) is 0 Å². The Morgan fingerprint density at radius 3 is 2.79 bits per heavy atom. The number of hydrogen-bond acceptors (Lipinski definition) is 4. The van der Waals surface area contributed by atoms with Crippen molar-refractivity contribution in [1.82, 2.24) is 9.97 Å². The van der Waals surface area contributed by atoms with Gasteiger partial charge < -0.3 is 10.4 Å². The Hall–Kier alpha value is -0.870. The number of aryl methyl sites for hydroxylation is 1. The zero-order valence-corrected chi connectivity index (χ0v) is 9.04. The SMILES string of the molecule is CCC(CO)Nc1cc(C)nc(Cl)n1. The van der Waals surface area contributed by atoms with Gasteiger partial charge in [0.2, 0.25) is 5.28 Å². The summed E-state index contributed by atoms with van der Waals surface area (Å²) in [5.74, 6) is 0.656. The number of halogens is 1. The highest BCUT2D eigenvalue weighted by Crippen LogP contribution is 2.11. The van der Waals surface area contributed by atoms with Crippen molar-refractivity contribution in [2.24, 2.45) is 0 Å². The highest BCUT2D eigenvalue weighted by atomic mass is 35.5. The molecule has 1 unspecified atom stereocenters. The highest BCUT2D eigenvalue weighted by Gasteiger charge is 2.06. The summed E-state index contributed by atoms with van der Waals surface area (Å²) in [4.78, 5) is 7.95. The van der Waals surface area contributed by atoms with Crippen LogP contribution in [0.5, 0.6) is 0 Å². The van der Waals surface area contributed by atoms with E-state index >= 15 is 0 Å².